The van der Waals surface area contributed by atoms with Crippen molar-refractivity contribution in [1.82, 2.24) is 9.88 Å². The number of esters is 1. The van der Waals surface area contributed by atoms with Crippen molar-refractivity contribution in [3.63, 3.8) is 0 Å². The first-order valence-corrected chi connectivity index (χ1v) is 10.4. The minimum absolute atomic E-state index is 0.0151. The lowest BCUT2D eigenvalue weighted by Gasteiger charge is -2.28. The van der Waals surface area contributed by atoms with Crippen LogP contribution in [0.1, 0.15) is 53.5 Å². The third kappa shape index (κ3) is 7.08. The summed E-state index contributed by atoms with van der Waals surface area (Å²) in [5.74, 6) is -0.562. The summed E-state index contributed by atoms with van der Waals surface area (Å²) in [5.41, 5.74) is -0.142. The fourth-order valence-corrected chi connectivity index (χ4v) is 3.66. The maximum atomic E-state index is 13.0. The summed E-state index contributed by atoms with van der Waals surface area (Å²) in [6, 6.07) is 1.96. The average Bonchev–Trinajstić information content (AvgIpc) is 2.99. The van der Waals surface area contributed by atoms with Crippen molar-refractivity contribution in [2.24, 2.45) is 11.8 Å². The van der Waals surface area contributed by atoms with Crippen molar-refractivity contribution in [2.75, 3.05) is 13.1 Å². The molecule has 1 fully saturated rings. The van der Waals surface area contributed by atoms with Gasteiger partial charge in [-0.3, -0.25) is 9.78 Å². The van der Waals surface area contributed by atoms with Gasteiger partial charge in [0.1, 0.15) is 11.2 Å². The number of hydrogen-bond donors (Lipinski definition) is 0. The molecule has 1 aromatic heterocycles. The molecule has 156 valence electrons. The summed E-state index contributed by atoms with van der Waals surface area (Å²) in [7, 11) is 0. The van der Waals surface area contributed by atoms with Gasteiger partial charge in [-0.15, -0.1) is 0 Å². The molecule has 2 heterocycles. The Morgan fingerprint density at radius 3 is 2.39 bits per heavy atom. The lowest BCUT2D eigenvalue weighted by atomic mass is 9.86. The molecule has 0 aromatic carbocycles. The first kappa shape index (κ1) is 22.7. The van der Waals surface area contributed by atoms with Crippen molar-refractivity contribution < 1.29 is 19.1 Å². The number of halogens is 1. The van der Waals surface area contributed by atoms with Crippen LogP contribution >= 0.6 is 15.9 Å². The molecule has 0 spiro atoms. The molecule has 2 atom stereocenters. The second kappa shape index (κ2) is 8.80. The average molecular weight is 455 g/mol. The number of pyridine rings is 1. The van der Waals surface area contributed by atoms with Crippen molar-refractivity contribution in [2.45, 2.75) is 65.6 Å². The molecule has 0 N–H and O–H groups in total. The van der Waals surface area contributed by atoms with Crippen molar-refractivity contribution in [1.29, 1.82) is 0 Å². The summed E-state index contributed by atoms with van der Waals surface area (Å²) in [6.07, 6.45) is 4.41. The summed E-state index contributed by atoms with van der Waals surface area (Å²) >= 11 is 3.43. The summed E-state index contributed by atoms with van der Waals surface area (Å²) in [4.78, 5) is 31.2. The Kier molecular flexibility index (Phi) is 7.12. The number of likely N-dealkylation sites (tertiary alicyclic amines) is 1. The number of hydrogen-bond acceptors (Lipinski definition) is 5. The molecule has 0 bridgehead atoms. The van der Waals surface area contributed by atoms with Gasteiger partial charge in [-0.2, -0.15) is 0 Å². The quantitative estimate of drug-likeness (QED) is 0.621. The normalized spacial score (nSPS) is 18.7. The highest BCUT2D eigenvalue weighted by Gasteiger charge is 2.39. The van der Waals surface area contributed by atoms with Crippen LogP contribution in [0.3, 0.4) is 0 Å². The van der Waals surface area contributed by atoms with E-state index in [1.165, 1.54) is 0 Å². The summed E-state index contributed by atoms with van der Waals surface area (Å²) < 4.78 is 12.0. The van der Waals surface area contributed by atoms with Gasteiger partial charge in [0, 0.05) is 30.0 Å². The molecule has 0 aliphatic carbocycles. The Balaban J connectivity index is 2.15. The van der Waals surface area contributed by atoms with Gasteiger partial charge in [0.15, 0.2) is 0 Å². The van der Waals surface area contributed by atoms with E-state index in [9.17, 15) is 9.59 Å². The molecule has 1 aliphatic heterocycles. The van der Waals surface area contributed by atoms with E-state index in [-0.39, 0.29) is 23.9 Å². The highest BCUT2D eigenvalue weighted by atomic mass is 79.9. The van der Waals surface area contributed by atoms with Crippen LogP contribution in [-0.2, 0) is 20.7 Å². The predicted molar refractivity (Wildman–Crippen MR) is 111 cm³/mol. The molecule has 28 heavy (non-hydrogen) atoms. The highest BCUT2D eigenvalue weighted by Crippen LogP contribution is 2.31. The van der Waals surface area contributed by atoms with Crippen molar-refractivity contribution in [3.8, 4) is 0 Å². The van der Waals surface area contributed by atoms with E-state index in [0.717, 1.165) is 16.5 Å². The number of carbonyl (C=O) groups excluding carboxylic acids is 2. The van der Waals surface area contributed by atoms with E-state index in [4.69, 9.17) is 9.47 Å². The molecule has 0 radical (unpaired) electrons. The van der Waals surface area contributed by atoms with Gasteiger partial charge >= 0.3 is 12.1 Å². The topological polar surface area (TPSA) is 68.7 Å². The van der Waals surface area contributed by atoms with Crippen molar-refractivity contribution >= 4 is 28.0 Å². The second-order valence-corrected chi connectivity index (χ2v) is 10.2. The first-order chi connectivity index (χ1) is 12.8. The van der Waals surface area contributed by atoms with Gasteiger partial charge in [-0.05, 0) is 87.9 Å². The van der Waals surface area contributed by atoms with Crippen LogP contribution in [0.4, 0.5) is 4.79 Å². The fourth-order valence-electron chi connectivity index (χ4n) is 3.25. The van der Waals surface area contributed by atoms with Gasteiger partial charge in [-0.1, -0.05) is 0 Å². The minimum Gasteiger partial charge on any atom is -0.460 e. The Morgan fingerprint density at radius 2 is 1.82 bits per heavy atom. The maximum Gasteiger partial charge on any atom is 0.410 e. The number of carbonyl (C=O) groups is 2. The van der Waals surface area contributed by atoms with Gasteiger partial charge in [0.2, 0.25) is 0 Å². The van der Waals surface area contributed by atoms with Gasteiger partial charge in [0.05, 0.1) is 5.92 Å². The number of nitrogens with zero attached hydrogens (tertiary/aromatic N) is 2. The Morgan fingerprint density at radius 1 is 1.18 bits per heavy atom. The zero-order valence-corrected chi connectivity index (χ0v) is 19.2. The van der Waals surface area contributed by atoms with Crippen LogP contribution in [0.15, 0.2) is 22.9 Å². The second-order valence-electron chi connectivity index (χ2n) is 9.33. The summed E-state index contributed by atoms with van der Waals surface area (Å²) in [6.45, 7) is 12.2. The molecule has 0 unspecified atom stereocenters. The van der Waals surface area contributed by atoms with E-state index in [0.29, 0.717) is 19.5 Å². The molecular formula is C21H31BrN2O4. The predicted octanol–water partition coefficient (Wildman–Crippen LogP) is 4.60. The fraction of sp³-hybridized carbons (Fsp3) is 0.667. The molecule has 2 rings (SSSR count). The standard InChI is InChI=1S/C21H31BrN2O4/c1-20(2,3)27-18(25)17(10-14-9-16(22)12-23-11-14)15-7-8-24(13-15)19(26)28-21(4,5)6/h9,11-12,15,17H,7-8,10,13H2,1-6H3/t15-,17-/m0/s1. The third-order valence-corrected chi connectivity index (χ3v) is 4.81. The number of ether oxygens (including phenoxy) is 2. The number of aromatic nitrogens is 1. The SMILES string of the molecule is CC(C)(C)OC(=O)[C@@H](Cc1cncc(Br)c1)[C@H]1CCN(C(=O)OC(C)(C)C)C1. The van der Waals surface area contributed by atoms with E-state index in [1.807, 2.05) is 47.6 Å². The van der Waals surface area contributed by atoms with E-state index < -0.39 is 11.2 Å². The molecule has 1 saturated heterocycles. The van der Waals surface area contributed by atoms with E-state index in [1.54, 1.807) is 17.3 Å². The third-order valence-electron chi connectivity index (χ3n) is 4.37. The molecule has 6 nitrogen and oxygen atoms in total. The summed E-state index contributed by atoms with van der Waals surface area (Å²) in [5, 5.41) is 0. The Labute approximate surface area is 176 Å². The molecule has 1 amide bonds. The Hall–Kier alpha value is -1.63. The van der Waals surface area contributed by atoms with Crippen molar-refractivity contribution in [3.05, 3.63) is 28.5 Å². The first-order valence-electron chi connectivity index (χ1n) is 9.64. The molecular weight excluding hydrogens is 424 g/mol. The number of rotatable bonds is 4. The molecule has 7 heteroatoms. The van der Waals surface area contributed by atoms with E-state index >= 15 is 0 Å². The van der Waals surface area contributed by atoms with Crippen LogP contribution in [0.25, 0.3) is 0 Å². The zero-order chi connectivity index (χ0) is 21.1. The van der Waals surface area contributed by atoms with Gasteiger partial charge in [0.25, 0.3) is 0 Å². The van der Waals surface area contributed by atoms with Crippen LogP contribution in [0.5, 0.6) is 0 Å². The smallest absolute Gasteiger partial charge is 0.410 e. The lowest BCUT2D eigenvalue weighted by Crippen LogP contribution is -2.38. The molecule has 1 aromatic rings. The van der Waals surface area contributed by atoms with Crippen LogP contribution in [0, 0.1) is 11.8 Å². The minimum atomic E-state index is -0.561. The number of amides is 1. The zero-order valence-electron chi connectivity index (χ0n) is 17.6. The maximum absolute atomic E-state index is 13.0. The highest BCUT2D eigenvalue weighted by molar-refractivity contribution is 9.10. The Bertz CT molecular complexity index is 709. The molecule has 0 saturated carbocycles. The molecule has 1 aliphatic rings. The van der Waals surface area contributed by atoms with E-state index in [2.05, 4.69) is 20.9 Å². The lowest BCUT2D eigenvalue weighted by molar-refractivity contribution is -0.161. The van der Waals surface area contributed by atoms with Gasteiger partial charge < -0.3 is 14.4 Å². The largest absolute Gasteiger partial charge is 0.460 e. The van der Waals surface area contributed by atoms with Crippen LogP contribution in [0.2, 0.25) is 0 Å². The van der Waals surface area contributed by atoms with Gasteiger partial charge in [-0.25, -0.2) is 4.79 Å². The van der Waals surface area contributed by atoms with Crippen LogP contribution in [-0.4, -0.2) is 46.2 Å². The van der Waals surface area contributed by atoms with Crippen LogP contribution < -0.4 is 0 Å². The monoisotopic (exact) mass is 454 g/mol.